The molecule has 1 N–H and O–H groups in total. The maximum atomic E-state index is 12.6. The second-order valence-corrected chi connectivity index (χ2v) is 13.7. The van der Waals surface area contributed by atoms with Crippen molar-refractivity contribution in [3.63, 3.8) is 0 Å². The molecule has 0 heterocycles. The van der Waals surface area contributed by atoms with Crippen LogP contribution in [-0.4, -0.2) is 17.0 Å². The van der Waals surface area contributed by atoms with E-state index in [0.717, 1.165) is 24.8 Å². The van der Waals surface area contributed by atoms with Gasteiger partial charge in [0, 0.05) is 6.42 Å². The zero-order valence-corrected chi connectivity index (χ0v) is 22.1. The molecule has 0 aromatic carbocycles. The minimum absolute atomic E-state index is 0.00526. The van der Waals surface area contributed by atoms with Crippen LogP contribution in [0.25, 0.3) is 0 Å². The van der Waals surface area contributed by atoms with Crippen LogP contribution < -0.4 is 0 Å². The van der Waals surface area contributed by atoms with Gasteiger partial charge in [-0.1, -0.05) is 58.8 Å². The molecule has 32 heavy (non-hydrogen) atoms. The van der Waals surface area contributed by atoms with Crippen LogP contribution in [-0.2, 0) is 4.79 Å². The summed E-state index contributed by atoms with van der Waals surface area (Å²) >= 11 is 0. The lowest BCUT2D eigenvalue weighted by atomic mass is 9.41. The van der Waals surface area contributed by atoms with Crippen molar-refractivity contribution in [1.82, 2.24) is 0 Å². The van der Waals surface area contributed by atoms with Crippen LogP contribution >= 0.6 is 0 Å². The van der Waals surface area contributed by atoms with E-state index in [9.17, 15) is 9.90 Å². The lowest BCUT2D eigenvalue weighted by Gasteiger charge is -2.64. The van der Waals surface area contributed by atoms with Crippen LogP contribution in [0.15, 0.2) is 23.3 Å². The summed E-state index contributed by atoms with van der Waals surface area (Å²) in [5.41, 5.74) is 3.70. The van der Waals surface area contributed by atoms with Gasteiger partial charge in [-0.3, -0.25) is 4.79 Å². The monoisotopic (exact) mass is 440 g/mol. The summed E-state index contributed by atoms with van der Waals surface area (Å²) in [4.78, 5) is 12.6. The van der Waals surface area contributed by atoms with E-state index >= 15 is 0 Å². The average molecular weight is 441 g/mol. The first-order valence-electron chi connectivity index (χ1n) is 13.3. The molecule has 4 rings (SSSR count). The first-order valence-corrected chi connectivity index (χ1v) is 13.3. The van der Waals surface area contributed by atoms with Crippen LogP contribution in [0, 0.1) is 45.3 Å². The predicted octanol–water partition coefficient (Wildman–Crippen LogP) is 7.51. The van der Waals surface area contributed by atoms with Crippen molar-refractivity contribution in [1.29, 1.82) is 0 Å². The van der Waals surface area contributed by atoms with Crippen molar-refractivity contribution in [2.45, 2.75) is 113 Å². The molecule has 0 unspecified atom stereocenters. The lowest BCUT2D eigenvalue weighted by molar-refractivity contribution is -0.132. The fourth-order valence-corrected chi connectivity index (χ4v) is 9.49. The Labute approximate surface area is 197 Å². The Morgan fingerprint density at radius 3 is 2.44 bits per heavy atom. The normalized spacial score (nSPS) is 45.7. The van der Waals surface area contributed by atoms with Crippen molar-refractivity contribution < 1.29 is 9.90 Å². The number of ketones is 1. The predicted molar refractivity (Wildman–Crippen MR) is 133 cm³/mol. The third-order valence-electron chi connectivity index (χ3n) is 11.5. The quantitative estimate of drug-likeness (QED) is 0.363. The Balaban J connectivity index is 1.64. The van der Waals surface area contributed by atoms with E-state index in [1.165, 1.54) is 25.7 Å². The number of carbonyl (C=O) groups is 1. The molecule has 0 saturated heterocycles. The number of hydrogen-bond acceptors (Lipinski definition) is 2. The number of rotatable bonds is 4. The summed E-state index contributed by atoms with van der Waals surface area (Å²) in [6.07, 6.45) is 13.3. The summed E-state index contributed by atoms with van der Waals surface area (Å²) in [6, 6.07) is 0. The second kappa shape index (κ2) is 7.82. The molecule has 0 aromatic heterocycles. The second-order valence-electron chi connectivity index (χ2n) is 13.7. The molecule has 2 nitrogen and oxygen atoms in total. The fourth-order valence-electron chi connectivity index (χ4n) is 9.49. The number of carbonyl (C=O) groups excluding carboxylic acids is 1. The molecule has 0 radical (unpaired) electrons. The maximum absolute atomic E-state index is 12.6. The molecular formula is C30H48O2. The molecule has 4 aliphatic rings. The van der Waals surface area contributed by atoms with Gasteiger partial charge in [-0.25, -0.2) is 0 Å². The summed E-state index contributed by atoms with van der Waals surface area (Å²) in [5, 5.41) is 10.8. The van der Waals surface area contributed by atoms with E-state index < -0.39 is 0 Å². The average Bonchev–Trinajstić information content (AvgIpc) is 2.96. The van der Waals surface area contributed by atoms with Gasteiger partial charge in [-0.2, -0.15) is 0 Å². The van der Waals surface area contributed by atoms with Gasteiger partial charge >= 0.3 is 0 Å². The van der Waals surface area contributed by atoms with Gasteiger partial charge in [0.25, 0.3) is 0 Å². The van der Waals surface area contributed by atoms with E-state index in [1.54, 1.807) is 5.57 Å². The number of aliphatic hydroxyl groups excluding tert-OH is 1. The van der Waals surface area contributed by atoms with E-state index in [0.29, 0.717) is 41.3 Å². The molecule has 8 atom stereocenters. The highest BCUT2D eigenvalue weighted by Gasteiger charge is 2.65. The summed E-state index contributed by atoms with van der Waals surface area (Å²) in [6.45, 7) is 18.7. The van der Waals surface area contributed by atoms with Gasteiger partial charge < -0.3 is 5.11 Å². The standard InChI is InChI=1S/C30H48O2/c1-19(2)17-21(31)18-20(3)22-11-15-30(8)24-9-10-25-27(4,5)26(32)13-14-28(25,6)23(24)12-16-29(22,30)7/h9,17,20,22-23,25-26,32H,10-16,18H2,1-8H3/t20-,22-,23-,25-,26-,28+,29-,30+/m0/s1. The van der Waals surface area contributed by atoms with E-state index in [1.807, 2.05) is 19.9 Å². The van der Waals surface area contributed by atoms with Crippen LogP contribution in [0.4, 0.5) is 0 Å². The maximum Gasteiger partial charge on any atom is 0.155 e. The number of fused-ring (bicyclic) bond motifs is 5. The minimum atomic E-state index is -0.171. The molecule has 4 aliphatic carbocycles. The molecule has 2 heteroatoms. The Hall–Kier alpha value is -0.890. The zero-order chi connectivity index (χ0) is 23.7. The van der Waals surface area contributed by atoms with E-state index in [2.05, 4.69) is 47.6 Å². The smallest absolute Gasteiger partial charge is 0.155 e. The van der Waals surface area contributed by atoms with Gasteiger partial charge in [-0.05, 0) is 110 Å². The molecule has 0 amide bonds. The topological polar surface area (TPSA) is 37.3 Å². The van der Waals surface area contributed by atoms with Crippen LogP contribution in [0.2, 0.25) is 0 Å². The summed E-state index contributed by atoms with van der Waals surface area (Å²) in [5.74, 6) is 2.60. The van der Waals surface area contributed by atoms with Gasteiger partial charge in [0.05, 0.1) is 6.10 Å². The Kier molecular flexibility index (Phi) is 5.93. The zero-order valence-electron chi connectivity index (χ0n) is 22.1. The Morgan fingerprint density at radius 1 is 1.09 bits per heavy atom. The highest BCUT2D eigenvalue weighted by molar-refractivity contribution is 5.90. The Bertz CT molecular complexity index is 830. The van der Waals surface area contributed by atoms with Crippen molar-refractivity contribution >= 4 is 5.78 Å². The van der Waals surface area contributed by atoms with Crippen molar-refractivity contribution in [2.24, 2.45) is 45.3 Å². The SMILES string of the molecule is CC(C)=CC(=O)C[C@H](C)[C@@H]1CC[C@]2(C)C3=CC[C@H]4C(C)(C)[C@@H](O)CC[C@]4(C)[C@H]3CC[C@@]12C. The van der Waals surface area contributed by atoms with Crippen LogP contribution in [0.1, 0.15) is 107 Å². The summed E-state index contributed by atoms with van der Waals surface area (Å²) in [7, 11) is 0. The third-order valence-corrected chi connectivity index (χ3v) is 11.5. The molecule has 3 saturated carbocycles. The highest BCUT2D eigenvalue weighted by atomic mass is 16.3. The lowest BCUT2D eigenvalue weighted by Crippen LogP contribution is -2.58. The van der Waals surface area contributed by atoms with E-state index in [4.69, 9.17) is 0 Å². The molecule has 3 fully saturated rings. The van der Waals surface area contributed by atoms with Crippen LogP contribution in [0.3, 0.4) is 0 Å². The number of allylic oxidation sites excluding steroid dienone is 4. The largest absolute Gasteiger partial charge is 0.393 e. The Morgan fingerprint density at radius 2 is 1.78 bits per heavy atom. The molecule has 180 valence electrons. The molecular weight excluding hydrogens is 392 g/mol. The van der Waals surface area contributed by atoms with E-state index in [-0.39, 0.29) is 22.3 Å². The van der Waals surface area contributed by atoms with Gasteiger partial charge in [0.1, 0.15) is 0 Å². The van der Waals surface area contributed by atoms with Crippen molar-refractivity contribution in [3.8, 4) is 0 Å². The first-order chi connectivity index (χ1) is 14.8. The van der Waals surface area contributed by atoms with Crippen molar-refractivity contribution in [3.05, 3.63) is 23.3 Å². The minimum Gasteiger partial charge on any atom is -0.393 e. The number of hydrogen-bond donors (Lipinski definition) is 1. The third kappa shape index (κ3) is 3.33. The highest BCUT2D eigenvalue weighted by Crippen LogP contribution is 2.73. The molecule has 0 bridgehead atoms. The number of aliphatic hydroxyl groups is 1. The van der Waals surface area contributed by atoms with Gasteiger partial charge in [-0.15, -0.1) is 0 Å². The van der Waals surface area contributed by atoms with Crippen molar-refractivity contribution in [2.75, 3.05) is 0 Å². The summed E-state index contributed by atoms with van der Waals surface area (Å²) < 4.78 is 0. The van der Waals surface area contributed by atoms with Crippen LogP contribution in [0.5, 0.6) is 0 Å². The molecule has 0 aromatic rings. The fraction of sp³-hybridized carbons (Fsp3) is 0.833. The molecule has 0 spiro atoms. The van der Waals surface area contributed by atoms with Gasteiger partial charge in [0.15, 0.2) is 5.78 Å². The van der Waals surface area contributed by atoms with Gasteiger partial charge in [0.2, 0.25) is 0 Å². The molecule has 0 aliphatic heterocycles. The first kappa shape index (κ1) is 24.2.